The second kappa shape index (κ2) is 4.16. The van der Waals surface area contributed by atoms with Crippen molar-refractivity contribution in [2.45, 2.75) is 20.3 Å². The van der Waals surface area contributed by atoms with Gasteiger partial charge in [-0.2, -0.15) is 0 Å². The first-order valence-corrected chi connectivity index (χ1v) is 4.71. The van der Waals surface area contributed by atoms with Crippen molar-refractivity contribution >= 4 is 28.6 Å². The smallest absolute Gasteiger partial charge is 0.311 e. The molecular weight excluding hydrogens is 243 g/mol. The van der Waals surface area contributed by atoms with Crippen LogP contribution in [-0.2, 0) is 9.53 Å². The molecule has 0 aromatic heterocycles. The normalized spacial score (nSPS) is 11.2. The average molecular weight is 256 g/mol. The predicted octanol–water partition coefficient (Wildman–Crippen LogP) is 2.01. The van der Waals surface area contributed by atoms with Crippen LogP contribution in [0.4, 0.5) is 0 Å². The number of ether oxygens (including phenoxy) is 1. The number of methoxy groups -OCH3 is 1. The molecule has 0 saturated heterocycles. The molecule has 0 aromatic rings. The molecular formula is C7H13IO2. The molecule has 0 heterocycles. The minimum atomic E-state index is -0.310. The molecule has 3 heteroatoms. The molecule has 0 bridgehead atoms. The van der Waals surface area contributed by atoms with Gasteiger partial charge in [0.2, 0.25) is 0 Å². The fourth-order valence-corrected chi connectivity index (χ4v) is 1.96. The van der Waals surface area contributed by atoms with Crippen molar-refractivity contribution in [3.8, 4) is 0 Å². The van der Waals surface area contributed by atoms with Gasteiger partial charge in [0.1, 0.15) is 0 Å². The van der Waals surface area contributed by atoms with E-state index in [0.717, 1.165) is 10.8 Å². The molecule has 0 radical (unpaired) electrons. The van der Waals surface area contributed by atoms with E-state index in [1.165, 1.54) is 7.11 Å². The van der Waals surface area contributed by atoms with E-state index < -0.39 is 0 Å². The molecule has 0 fully saturated rings. The number of rotatable bonds is 3. The van der Waals surface area contributed by atoms with Crippen LogP contribution in [0.5, 0.6) is 0 Å². The molecule has 0 atom stereocenters. The highest BCUT2D eigenvalue weighted by molar-refractivity contribution is 14.1. The lowest BCUT2D eigenvalue weighted by atomic mass is 9.91. The Morgan fingerprint density at radius 1 is 1.60 bits per heavy atom. The van der Waals surface area contributed by atoms with Crippen molar-refractivity contribution in [3.05, 3.63) is 0 Å². The average Bonchev–Trinajstić information content (AvgIpc) is 1.86. The van der Waals surface area contributed by atoms with E-state index in [9.17, 15) is 4.79 Å². The maximum atomic E-state index is 11.0. The van der Waals surface area contributed by atoms with Gasteiger partial charge in [-0.05, 0) is 20.3 Å². The summed E-state index contributed by atoms with van der Waals surface area (Å²) >= 11 is 2.25. The molecule has 0 aliphatic rings. The van der Waals surface area contributed by atoms with E-state index in [2.05, 4.69) is 27.3 Å². The predicted molar refractivity (Wildman–Crippen MR) is 49.3 cm³/mol. The van der Waals surface area contributed by atoms with Crippen LogP contribution in [-0.4, -0.2) is 17.5 Å². The van der Waals surface area contributed by atoms with Crippen molar-refractivity contribution in [2.24, 2.45) is 5.41 Å². The summed E-state index contributed by atoms with van der Waals surface area (Å²) in [5.74, 6) is -0.121. The van der Waals surface area contributed by atoms with Gasteiger partial charge >= 0.3 is 5.97 Å². The lowest BCUT2D eigenvalue weighted by molar-refractivity contribution is -0.150. The van der Waals surface area contributed by atoms with Crippen molar-refractivity contribution in [1.29, 1.82) is 0 Å². The second-order valence-electron chi connectivity index (χ2n) is 2.81. The lowest BCUT2D eigenvalue weighted by Crippen LogP contribution is -2.25. The van der Waals surface area contributed by atoms with Crippen LogP contribution < -0.4 is 0 Å². The fourth-order valence-electron chi connectivity index (χ4n) is 0.615. The van der Waals surface area contributed by atoms with E-state index in [1.807, 2.05) is 13.8 Å². The fraction of sp³-hybridized carbons (Fsp3) is 0.857. The molecule has 0 spiro atoms. The topological polar surface area (TPSA) is 26.3 Å². The molecule has 0 rings (SSSR count). The first kappa shape index (κ1) is 10.2. The van der Waals surface area contributed by atoms with Gasteiger partial charge in [-0.3, -0.25) is 4.79 Å². The third kappa shape index (κ3) is 2.86. The third-order valence-corrected chi connectivity index (χ3v) is 2.00. The summed E-state index contributed by atoms with van der Waals surface area (Å²) in [4.78, 5) is 11.0. The van der Waals surface area contributed by atoms with Crippen LogP contribution in [0.15, 0.2) is 0 Å². The van der Waals surface area contributed by atoms with E-state index >= 15 is 0 Å². The monoisotopic (exact) mass is 256 g/mol. The van der Waals surface area contributed by atoms with Crippen molar-refractivity contribution in [1.82, 2.24) is 0 Å². The summed E-state index contributed by atoms with van der Waals surface area (Å²) in [5, 5.41) is 0. The zero-order valence-electron chi connectivity index (χ0n) is 6.61. The van der Waals surface area contributed by atoms with Crippen LogP contribution >= 0.6 is 22.6 Å². The highest BCUT2D eigenvalue weighted by Gasteiger charge is 2.27. The van der Waals surface area contributed by atoms with Gasteiger partial charge in [-0.25, -0.2) is 0 Å². The molecule has 2 nitrogen and oxygen atoms in total. The van der Waals surface area contributed by atoms with Gasteiger partial charge < -0.3 is 4.74 Å². The van der Waals surface area contributed by atoms with Crippen molar-refractivity contribution < 1.29 is 9.53 Å². The van der Waals surface area contributed by atoms with Gasteiger partial charge in [0.15, 0.2) is 0 Å². The highest BCUT2D eigenvalue weighted by atomic mass is 127. The zero-order chi connectivity index (χ0) is 8.20. The number of alkyl halides is 1. The summed E-state index contributed by atoms with van der Waals surface area (Å²) in [6.07, 6.45) is 0.875. The molecule has 60 valence electrons. The maximum absolute atomic E-state index is 11.0. The molecule has 0 saturated carbocycles. The first-order chi connectivity index (χ1) is 4.54. The minimum absolute atomic E-state index is 0.121. The summed E-state index contributed by atoms with van der Waals surface area (Å²) in [6, 6.07) is 0. The Kier molecular flexibility index (Phi) is 4.24. The molecule has 0 N–H and O–H groups in total. The Morgan fingerprint density at radius 3 is 2.40 bits per heavy atom. The van der Waals surface area contributed by atoms with E-state index in [1.54, 1.807) is 0 Å². The van der Waals surface area contributed by atoms with Crippen LogP contribution in [0.3, 0.4) is 0 Å². The second-order valence-corrected chi connectivity index (χ2v) is 3.89. The Hall–Kier alpha value is 0.200. The Balaban J connectivity index is 3.96. The number of esters is 1. The largest absolute Gasteiger partial charge is 0.469 e. The number of carbonyl (C=O) groups excluding carboxylic acids is 1. The van der Waals surface area contributed by atoms with Crippen LogP contribution in [0.1, 0.15) is 20.3 Å². The Labute approximate surface area is 75.5 Å². The van der Waals surface area contributed by atoms with Crippen LogP contribution in [0, 0.1) is 5.41 Å². The van der Waals surface area contributed by atoms with Crippen LogP contribution in [0.25, 0.3) is 0 Å². The number of hydrogen-bond acceptors (Lipinski definition) is 2. The Bertz CT molecular complexity index is 121. The number of halogens is 1. The van der Waals surface area contributed by atoms with Crippen molar-refractivity contribution in [2.75, 3.05) is 11.5 Å². The maximum Gasteiger partial charge on any atom is 0.311 e. The van der Waals surface area contributed by atoms with Gasteiger partial charge in [-0.15, -0.1) is 0 Å². The standard InChI is InChI=1S/C7H13IO2/c1-7(2,4-5-8)6(9)10-3/h4-5H2,1-3H3. The number of hydrogen-bond donors (Lipinski definition) is 0. The molecule has 0 aliphatic carbocycles. The zero-order valence-corrected chi connectivity index (χ0v) is 8.77. The first-order valence-electron chi connectivity index (χ1n) is 3.19. The Morgan fingerprint density at radius 2 is 2.10 bits per heavy atom. The van der Waals surface area contributed by atoms with E-state index in [0.29, 0.717) is 0 Å². The van der Waals surface area contributed by atoms with Gasteiger partial charge in [0.05, 0.1) is 12.5 Å². The molecule has 0 unspecified atom stereocenters. The van der Waals surface area contributed by atoms with Crippen molar-refractivity contribution in [3.63, 3.8) is 0 Å². The lowest BCUT2D eigenvalue weighted by Gasteiger charge is -2.19. The summed E-state index contributed by atoms with van der Waals surface area (Å²) in [7, 11) is 1.43. The van der Waals surface area contributed by atoms with Gasteiger partial charge in [-0.1, -0.05) is 22.6 Å². The molecule has 0 amide bonds. The highest BCUT2D eigenvalue weighted by Crippen LogP contribution is 2.22. The van der Waals surface area contributed by atoms with Gasteiger partial charge in [0, 0.05) is 4.43 Å². The summed E-state index contributed by atoms with van der Waals surface area (Å²) < 4.78 is 5.61. The minimum Gasteiger partial charge on any atom is -0.469 e. The summed E-state index contributed by atoms with van der Waals surface area (Å²) in [5.41, 5.74) is -0.310. The molecule has 0 aliphatic heterocycles. The van der Waals surface area contributed by atoms with Crippen LogP contribution in [0.2, 0.25) is 0 Å². The molecule has 10 heavy (non-hydrogen) atoms. The van der Waals surface area contributed by atoms with E-state index in [-0.39, 0.29) is 11.4 Å². The third-order valence-electron chi connectivity index (χ3n) is 1.46. The molecule has 0 aromatic carbocycles. The SMILES string of the molecule is COC(=O)C(C)(C)CCI. The van der Waals surface area contributed by atoms with E-state index in [4.69, 9.17) is 0 Å². The quantitative estimate of drug-likeness (QED) is 0.438. The summed E-state index contributed by atoms with van der Waals surface area (Å²) in [6.45, 7) is 3.80. The number of carbonyl (C=O) groups is 1. The van der Waals surface area contributed by atoms with Gasteiger partial charge in [0.25, 0.3) is 0 Å².